The molecule has 0 spiro atoms. The Hall–Kier alpha value is -1.28. The zero-order valence-corrected chi connectivity index (χ0v) is 20.1. The molecular formula is C22H23NNaO4S. The first-order valence-electron chi connectivity index (χ1n) is 9.45. The molecule has 147 valence electrons. The number of nitrogens with zero attached hydrogens (tertiary/aromatic N) is 1. The first kappa shape index (κ1) is 22.4. The van der Waals surface area contributed by atoms with Gasteiger partial charge < -0.3 is 14.6 Å². The molecule has 0 amide bonds. The van der Waals surface area contributed by atoms with Gasteiger partial charge in [0, 0.05) is 56.6 Å². The van der Waals surface area contributed by atoms with E-state index in [1.54, 1.807) is 18.3 Å². The van der Waals surface area contributed by atoms with E-state index in [2.05, 4.69) is 0 Å². The smallest absolute Gasteiger partial charge is 0.339 e. The van der Waals surface area contributed by atoms with E-state index in [9.17, 15) is 9.90 Å². The SMILES string of the molecule is CCOC(=O)C(O)c1c(C)nc2sc3c(c2c1-c1ccc(C)cc1)CCOC3.[Na]. The molecule has 0 saturated carbocycles. The van der Waals surface area contributed by atoms with Gasteiger partial charge in [0.25, 0.3) is 0 Å². The second kappa shape index (κ2) is 9.25. The number of aliphatic hydroxyl groups excluding tert-OH is 1. The molecule has 1 atom stereocenters. The number of pyridine rings is 1. The van der Waals surface area contributed by atoms with Gasteiger partial charge in [-0.25, -0.2) is 9.78 Å². The molecule has 1 radical (unpaired) electrons. The van der Waals surface area contributed by atoms with Crippen LogP contribution in [-0.2, 0) is 27.3 Å². The van der Waals surface area contributed by atoms with E-state index in [1.807, 2.05) is 38.1 Å². The molecule has 1 aromatic carbocycles. The van der Waals surface area contributed by atoms with E-state index < -0.39 is 12.1 Å². The van der Waals surface area contributed by atoms with Gasteiger partial charge in [0.05, 0.1) is 19.8 Å². The molecule has 3 aromatic rings. The van der Waals surface area contributed by atoms with Crippen LogP contribution in [0.1, 0.15) is 40.3 Å². The second-order valence-electron chi connectivity index (χ2n) is 6.99. The van der Waals surface area contributed by atoms with Gasteiger partial charge in [0.1, 0.15) is 4.83 Å². The Labute approximate surface area is 196 Å². The zero-order valence-electron chi connectivity index (χ0n) is 17.2. The molecule has 2 aromatic heterocycles. The molecule has 5 nitrogen and oxygen atoms in total. The third-order valence-corrected chi connectivity index (χ3v) is 6.20. The molecule has 0 saturated heterocycles. The maximum absolute atomic E-state index is 12.4. The summed E-state index contributed by atoms with van der Waals surface area (Å²) in [6.45, 7) is 7.07. The number of aliphatic hydroxyl groups is 1. The molecule has 0 bridgehead atoms. The number of thiophene rings is 1. The maximum atomic E-state index is 12.4. The Morgan fingerprint density at radius 3 is 2.72 bits per heavy atom. The van der Waals surface area contributed by atoms with Crippen LogP contribution in [-0.4, -0.2) is 58.8 Å². The van der Waals surface area contributed by atoms with Crippen LogP contribution in [0.15, 0.2) is 24.3 Å². The summed E-state index contributed by atoms with van der Waals surface area (Å²) >= 11 is 1.63. The quantitative estimate of drug-likeness (QED) is 0.513. The fourth-order valence-electron chi connectivity index (χ4n) is 3.78. The summed E-state index contributed by atoms with van der Waals surface area (Å²) in [5.74, 6) is -0.646. The normalized spacial score (nSPS) is 14.2. The monoisotopic (exact) mass is 420 g/mol. The molecule has 1 unspecified atom stereocenters. The minimum Gasteiger partial charge on any atom is -0.464 e. The summed E-state index contributed by atoms with van der Waals surface area (Å²) < 4.78 is 10.7. The van der Waals surface area contributed by atoms with Gasteiger partial charge in [-0.05, 0) is 38.3 Å². The van der Waals surface area contributed by atoms with Gasteiger partial charge in [-0.15, -0.1) is 11.3 Å². The number of carbonyl (C=O) groups excluding carboxylic acids is 1. The number of aromatic nitrogens is 1. The van der Waals surface area contributed by atoms with Crippen LogP contribution < -0.4 is 0 Å². The van der Waals surface area contributed by atoms with Crippen LogP contribution in [0.4, 0.5) is 0 Å². The number of ether oxygens (including phenoxy) is 2. The summed E-state index contributed by atoms with van der Waals surface area (Å²) in [6, 6.07) is 8.15. The number of hydrogen-bond donors (Lipinski definition) is 1. The summed E-state index contributed by atoms with van der Waals surface area (Å²) in [6.07, 6.45) is -0.572. The number of rotatable bonds is 4. The largest absolute Gasteiger partial charge is 0.464 e. The van der Waals surface area contributed by atoms with Crippen molar-refractivity contribution in [2.24, 2.45) is 0 Å². The van der Waals surface area contributed by atoms with Gasteiger partial charge in [0.2, 0.25) is 0 Å². The summed E-state index contributed by atoms with van der Waals surface area (Å²) in [5.41, 5.74) is 5.38. The molecule has 3 heterocycles. The number of fused-ring (bicyclic) bond motifs is 3. The molecular weight excluding hydrogens is 397 g/mol. The van der Waals surface area contributed by atoms with Gasteiger partial charge in [-0.3, -0.25) is 0 Å². The van der Waals surface area contributed by atoms with E-state index >= 15 is 0 Å². The summed E-state index contributed by atoms with van der Waals surface area (Å²) in [5, 5.41) is 11.9. The number of aryl methyl sites for hydroxylation is 2. The molecule has 0 aliphatic carbocycles. The van der Waals surface area contributed by atoms with Gasteiger partial charge in [0.15, 0.2) is 6.10 Å². The van der Waals surface area contributed by atoms with Gasteiger partial charge >= 0.3 is 5.97 Å². The van der Waals surface area contributed by atoms with Crippen LogP contribution in [0.2, 0.25) is 0 Å². The Bertz CT molecular complexity index is 1050. The van der Waals surface area contributed by atoms with Crippen molar-refractivity contribution in [2.75, 3.05) is 13.2 Å². The maximum Gasteiger partial charge on any atom is 0.339 e. The standard InChI is InChI=1S/C22H23NO4S.Na/c1-4-27-22(25)20(24)17-13(3)23-21-19(15-9-10-26-11-16(15)28-21)18(17)14-7-5-12(2)6-8-14;/h5-8,20,24H,4,9-11H2,1-3H3;. The Morgan fingerprint density at radius 2 is 2.03 bits per heavy atom. The Balaban J connectivity index is 0.00000240. The minimum absolute atomic E-state index is 0. The van der Waals surface area contributed by atoms with Crippen molar-refractivity contribution in [1.29, 1.82) is 0 Å². The number of carbonyl (C=O) groups is 1. The summed E-state index contributed by atoms with van der Waals surface area (Å²) in [7, 11) is 0. The van der Waals surface area contributed by atoms with Crippen molar-refractivity contribution >= 4 is 57.1 Å². The van der Waals surface area contributed by atoms with Crippen LogP contribution in [0, 0.1) is 13.8 Å². The molecule has 4 rings (SSSR count). The van der Waals surface area contributed by atoms with E-state index in [-0.39, 0.29) is 36.2 Å². The molecule has 0 fully saturated rings. The van der Waals surface area contributed by atoms with Gasteiger partial charge in [-0.1, -0.05) is 29.8 Å². The van der Waals surface area contributed by atoms with Crippen molar-refractivity contribution in [3.63, 3.8) is 0 Å². The first-order valence-corrected chi connectivity index (χ1v) is 10.3. The van der Waals surface area contributed by atoms with Gasteiger partial charge in [-0.2, -0.15) is 0 Å². The Kier molecular flexibility index (Phi) is 7.14. The fraction of sp³-hybridized carbons (Fsp3) is 0.364. The first-order chi connectivity index (χ1) is 13.5. The van der Waals surface area contributed by atoms with E-state index in [1.165, 1.54) is 10.4 Å². The van der Waals surface area contributed by atoms with Crippen LogP contribution in [0.25, 0.3) is 21.3 Å². The van der Waals surface area contributed by atoms with Crippen molar-refractivity contribution in [2.45, 2.75) is 39.9 Å². The average molecular weight is 420 g/mol. The minimum atomic E-state index is -1.37. The predicted octanol–water partition coefficient (Wildman–Crippen LogP) is 3.87. The third kappa shape index (κ3) is 4.15. The summed E-state index contributed by atoms with van der Waals surface area (Å²) in [4.78, 5) is 19.2. The average Bonchev–Trinajstić information content (AvgIpc) is 3.05. The van der Waals surface area contributed by atoms with Crippen molar-refractivity contribution in [3.8, 4) is 11.1 Å². The van der Waals surface area contributed by atoms with E-state index in [4.69, 9.17) is 14.5 Å². The number of hydrogen-bond acceptors (Lipinski definition) is 6. The van der Waals surface area contributed by atoms with Crippen molar-refractivity contribution in [3.05, 3.63) is 51.5 Å². The van der Waals surface area contributed by atoms with Crippen molar-refractivity contribution < 1.29 is 19.4 Å². The molecule has 1 N–H and O–H groups in total. The Morgan fingerprint density at radius 1 is 1.31 bits per heavy atom. The predicted molar refractivity (Wildman–Crippen MR) is 115 cm³/mol. The van der Waals surface area contributed by atoms with Crippen LogP contribution >= 0.6 is 11.3 Å². The number of esters is 1. The topological polar surface area (TPSA) is 68.7 Å². The molecule has 29 heavy (non-hydrogen) atoms. The molecule has 1 aliphatic rings. The fourth-order valence-corrected chi connectivity index (χ4v) is 4.99. The van der Waals surface area contributed by atoms with E-state index in [0.29, 0.717) is 24.5 Å². The van der Waals surface area contributed by atoms with Crippen LogP contribution in [0.5, 0.6) is 0 Å². The molecule has 7 heteroatoms. The van der Waals surface area contributed by atoms with E-state index in [0.717, 1.165) is 33.3 Å². The van der Waals surface area contributed by atoms with Crippen LogP contribution in [0.3, 0.4) is 0 Å². The third-order valence-electron chi connectivity index (χ3n) is 5.10. The zero-order chi connectivity index (χ0) is 19.8. The van der Waals surface area contributed by atoms with Crippen molar-refractivity contribution in [1.82, 2.24) is 4.98 Å². The molecule has 1 aliphatic heterocycles. The number of benzene rings is 1. The second-order valence-corrected chi connectivity index (χ2v) is 8.08.